The lowest BCUT2D eigenvalue weighted by Gasteiger charge is -2.26. The number of thiol groups is 1. The molecule has 0 radical (unpaired) electrons. The van der Waals surface area contributed by atoms with Gasteiger partial charge in [-0.05, 0) is 57.4 Å². The first-order valence-corrected chi connectivity index (χ1v) is 18.1. The highest BCUT2D eigenvalue weighted by atomic mass is 32.1. The van der Waals surface area contributed by atoms with E-state index in [-0.39, 0.29) is 17.6 Å². The van der Waals surface area contributed by atoms with E-state index in [9.17, 15) is 41.9 Å². The number of alkyl halides is 3. The predicted molar refractivity (Wildman–Crippen MR) is 197 cm³/mol. The van der Waals surface area contributed by atoms with E-state index in [0.29, 0.717) is 32.6 Å². The van der Waals surface area contributed by atoms with E-state index in [2.05, 4.69) is 59.4 Å². The van der Waals surface area contributed by atoms with Crippen LogP contribution in [0.5, 0.6) is 0 Å². The van der Waals surface area contributed by atoms with Crippen LogP contribution in [0, 0.1) is 11.3 Å². The molecule has 2 heterocycles. The number of nitrogens with zero attached hydrogens (tertiary/aromatic N) is 1. The molecule has 4 amide bonds. The SMILES string of the molecule is CC.CC(C)C.CCNC(=O)NC(C=O)C(C)(C)C.CNC(=O)C(=O)C(CCC(F)(F)F)NC(=O)C1CCCN1C.CS.O=COC1CCOC1. The zero-order valence-corrected chi connectivity index (χ0v) is 33.6. The van der Waals surface area contributed by atoms with Crippen LogP contribution >= 0.6 is 12.6 Å². The number of urea groups is 1. The lowest BCUT2D eigenvalue weighted by Crippen LogP contribution is -2.51. The van der Waals surface area contributed by atoms with Crippen LogP contribution in [0.4, 0.5) is 18.0 Å². The highest BCUT2D eigenvalue weighted by Crippen LogP contribution is 2.23. The van der Waals surface area contributed by atoms with Gasteiger partial charge in [0, 0.05) is 26.4 Å². The monoisotopic (exact) mass is 761 g/mol. The minimum Gasteiger partial charge on any atom is -0.462 e. The first-order valence-electron chi connectivity index (χ1n) is 17.2. The first kappa shape index (κ1) is 54.8. The van der Waals surface area contributed by atoms with Crippen LogP contribution in [0.15, 0.2) is 0 Å². The van der Waals surface area contributed by atoms with Gasteiger partial charge in [0.25, 0.3) is 12.4 Å². The number of amides is 4. The Bertz CT molecular complexity index is 961. The molecule has 2 aliphatic heterocycles. The lowest BCUT2D eigenvalue weighted by atomic mass is 9.88. The van der Waals surface area contributed by atoms with Crippen molar-refractivity contribution in [1.29, 1.82) is 0 Å². The number of hydrogen-bond acceptors (Lipinski definition) is 10. The molecule has 13 nitrogen and oxygen atoms in total. The molecule has 0 bridgehead atoms. The maximum atomic E-state index is 12.3. The van der Waals surface area contributed by atoms with Gasteiger partial charge in [-0.15, -0.1) is 0 Å². The van der Waals surface area contributed by atoms with Crippen molar-refractivity contribution in [1.82, 2.24) is 26.2 Å². The highest BCUT2D eigenvalue weighted by Gasteiger charge is 2.36. The van der Waals surface area contributed by atoms with Crippen LogP contribution in [-0.2, 0) is 33.4 Å². The Labute approximate surface area is 309 Å². The van der Waals surface area contributed by atoms with Crippen molar-refractivity contribution in [2.24, 2.45) is 11.3 Å². The second-order valence-corrected chi connectivity index (χ2v) is 12.7. The second kappa shape index (κ2) is 31.8. The fourth-order valence-electron chi connectivity index (χ4n) is 3.87. The van der Waals surface area contributed by atoms with Crippen LogP contribution in [-0.4, -0.2) is 118 Å². The Morgan fingerprint density at radius 2 is 1.57 bits per heavy atom. The van der Waals surface area contributed by atoms with Gasteiger partial charge in [0.1, 0.15) is 12.4 Å². The van der Waals surface area contributed by atoms with E-state index in [1.807, 2.05) is 41.5 Å². The highest BCUT2D eigenvalue weighted by molar-refractivity contribution is 7.79. The number of aldehydes is 1. The van der Waals surface area contributed by atoms with Crippen LogP contribution in [0.3, 0.4) is 0 Å². The van der Waals surface area contributed by atoms with Crippen molar-refractivity contribution < 1.29 is 51.4 Å². The van der Waals surface area contributed by atoms with Crippen molar-refractivity contribution in [2.45, 2.75) is 125 Å². The molecule has 2 rings (SSSR count). The van der Waals surface area contributed by atoms with E-state index in [4.69, 9.17) is 4.74 Å². The van der Waals surface area contributed by atoms with Gasteiger partial charge in [-0.3, -0.25) is 24.1 Å². The van der Waals surface area contributed by atoms with Crippen LogP contribution in [0.25, 0.3) is 0 Å². The summed E-state index contributed by atoms with van der Waals surface area (Å²) in [5.41, 5.74) is -0.243. The third-order valence-electron chi connectivity index (χ3n) is 6.45. The number of likely N-dealkylation sites (tertiary alicyclic amines) is 1. The van der Waals surface area contributed by atoms with Crippen molar-refractivity contribution in [2.75, 3.05) is 46.7 Å². The molecule has 0 saturated carbocycles. The van der Waals surface area contributed by atoms with Gasteiger partial charge >= 0.3 is 12.2 Å². The average molecular weight is 762 g/mol. The molecule has 0 aromatic carbocycles. The number of halogens is 3. The predicted octanol–water partition coefficient (Wildman–Crippen LogP) is 4.32. The summed E-state index contributed by atoms with van der Waals surface area (Å²) in [4.78, 5) is 68.4. The normalized spacial score (nSPS) is 17.5. The number of ketones is 1. The van der Waals surface area contributed by atoms with Gasteiger partial charge in [-0.1, -0.05) is 55.4 Å². The molecular weight excluding hydrogens is 695 g/mol. The van der Waals surface area contributed by atoms with Crippen LogP contribution < -0.4 is 21.3 Å². The van der Waals surface area contributed by atoms with Crippen LogP contribution in [0.2, 0.25) is 0 Å². The van der Waals surface area contributed by atoms with Gasteiger partial charge in [0.05, 0.1) is 31.3 Å². The number of hydrogen-bond donors (Lipinski definition) is 5. The Morgan fingerprint density at radius 3 is 1.92 bits per heavy atom. The molecule has 0 aromatic heterocycles. The summed E-state index contributed by atoms with van der Waals surface area (Å²) in [7, 11) is 2.93. The molecule has 51 heavy (non-hydrogen) atoms. The molecule has 302 valence electrons. The van der Waals surface area contributed by atoms with E-state index >= 15 is 0 Å². The number of likely N-dealkylation sites (N-methyl/N-ethyl adjacent to an activating group) is 2. The third-order valence-corrected chi connectivity index (χ3v) is 6.45. The van der Waals surface area contributed by atoms with Gasteiger partial charge in [-0.2, -0.15) is 25.8 Å². The Balaban J connectivity index is -0.000000321. The quantitative estimate of drug-likeness (QED) is 0.117. The maximum Gasteiger partial charge on any atom is 0.389 e. The molecular formula is C34H66F3N5O8S. The van der Waals surface area contributed by atoms with Gasteiger partial charge in [0.15, 0.2) is 0 Å². The summed E-state index contributed by atoms with van der Waals surface area (Å²) < 4.78 is 46.5. The first-order chi connectivity index (χ1) is 23.7. The summed E-state index contributed by atoms with van der Waals surface area (Å²) in [6.07, 6.45) is -1.68. The van der Waals surface area contributed by atoms with E-state index in [1.165, 1.54) is 7.05 Å². The molecule has 2 saturated heterocycles. The minimum absolute atomic E-state index is 0.0208. The van der Waals surface area contributed by atoms with E-state index in [0.717, 1.165) is 31.7 Å². The summed E-state index contributed by atoms with van der Waals surface area (Å²) in [6.45, 7) is 21.0. The Morgan fingerprint density at radius 1 is 1.02 bits per heavy atom. The Kier molecular flexibility index (Phi) is 34.2. The van der Waals surface area contributed by atoms with Crippen molar-refractivity contribution in [3.63, 3.8) is 0 Å². The zero-order chi connectivity index (χ0) is 40.8. The number of carbonyl (C=O) groups is 6. The number of nitrogens with one attached hydrogen (secondary N) is 4. The smallest absolute Gasteiger partial charge is 0.389 e. The van der Waals surface area contributed by atoms with Gasteiger partial charge in [0.2, 0.25) is 11.7 Å². The lowest BCUT2D eigenvalue weighted by molar-refractivity contribution is -0.146. The number of carbonyl (C=O) groups excluding carboxylic acids is 6. The second-order valence-electron chi connectivity index (χ2n) is 12.7. The molecule has 0 spiro atoms. The summed E-state index contributed by atoms with van der Waals surface area (Å²) >= 11 is 3.53. The standard InChI is InChI=1S/C13H20F3N3O3.C9H18N2O2.C5H8O3.C4H10.C2H6.CH4S/c1-17-12(22)10(20)8(5-6-13(14,15)16)18-11(21)9-4-3-7-19(9)2;1-5-10-8(13)11-7(6-12)9(2,3)4;6-4-8-5-1-2-7-3-5;1-4(2)3;2*1-2/h8-9H,3-7H2,1-2H3,(H,17,22)(H,18,21);6-7H,5H2,1-4H3,(H2,10,11,13);4-5H,1-3H2;4H,1-3H3;1-2H3;2H,1H3. The van der Waals surface area contributed by atoms with E-state index in [1.54, 1.807) is 18.2 Å². The fourth-order valence-corrected chi connectivity index (χ4v) is 3.87. The summed E-state index contributed by atoms with van der Waals surface area (Å²) in [5.74, 6) is -1.78. The summed E-state index contributed by atoms with van der Waals surface area (Å²) in [6, 6.07) is -2.69. The van der Waals surface area contributed by atoms with Gasteiger partial charge in [-0.25, -0.2) is 4.79 Å². The fraction of sp³-hybridized carbons (Fsp3) is 0.824. The summed E-state index contributed by atoms with van der Waals surface area (Å²) in [5, 5.41) is 9.51. The molecule has 0 aliphatic carbocycles. The molecule has 4 N–H and O–H groups in total. The minimum atomic E-state index is -4.46. The molecule has 17 heteroatoms. The van der Waals surface area contributed by atoms with E-state index < -0.39 is 54.7 Å². The van der Waals surface area contributed by atoms with Crippen LogP contribution in [0.1, 0.15) is 94.4 Å². The topological polar surface area (TPSA) is 172 Å². The molecule has 2 fully saturated rings. The number of Topliss-reactive ketones (excluding diaryl/α,β-unsaturated/α-hetero) is 1. The zero-order valence-electron chi connectivity index (χ0n) is 32.7. The third kappa shape index (κ3) is 30.4. The number of rotatable bonds is 11. The van der Waals surface area contributed by atoms with Crippen molar-refractivity contribution >= 4 is 49.0 Å². The molecule has 0 aromatic rings. The Hall–Kier alpha value is -2.92. The largest absolute Gasteiger partial charge is 0.462 e. The molecule has 2 aliphatic rings. The number of ether oxygens (including phenoxy) is 2. The maximum absolute atomic E-state index is 12.3. The van der Waals surface area contributed by atoms with Crippen molar-refractivity contribution in [3.05, 3.63) is 0 Å². The molecule has 4 atom stereocenters. The molecule has 4 unspecified atom stereocenters. The van der Waals surface area contributed by atoms with Crippen molar-refractivity contribution in [3.8, 4) is 0 Å². The average Bonchev–Trinajstić information content (AvgIpc) is 3.74. The van der Waals surface area contributed by atoms with Gasteiger partial charge < -0.3 is 35.5 Å².